The molecule has 4 aromatic carbocycles. The van der Waals surface area contributed by atoms with Gasteiger partial charge in [-0.15, -0.1) is 0 Å². The number of para-hydroxylation sites is 2. The molecule has 0 saturated heterocycles. The standard InChI is InChI=1S/C33H33N4O2S/c1-23(25-9-3-2-4-10-25)37(18-8-12-27-19-24(21-34)16-17-31(27)37)33-29(13-7-15-32(33)40(35,38)39)28-20-26-11-5-6-14-30(26)36-22-28/h2-7,9-11,13-17,19,23,28,36H,8,12,18,20,22H2,1H3,(H2,35,38,39)/q+1. The molecule has 0 aromatic heterocycles. The molecule has 2 aliphatic heterocycles. The van der Waals surface area contributed by atoms with Crippen molar-refractivity contribution < 1.29 is 8.42 Å². The van der Waals surface area contributed by atoms with E-state index in [2.05, 4.69) is 48.6 Å². The predicted molar refractivity (Wildman–Crippen MR) is 160 cm³/mol. The van der Waals surface area contributed by atoms with E-state index in [9.17, 15) is 13.7 Å². The summed E-state index contributed by atoms with van der Waals surface area (Å²) < 4.78 is 27.0. The Morgan fingerprint density at radius 2 is 1.75 bits per heavy atom. The second-order valence-electron chi connectivity index (χ2n) is 10.9. The molecule has 4 aromatic rings. The van der Waals surface area contributed by atoms with Gasteiger partial charge in [0.25, 0.3) is 0 Å². The van der Waals surface area contributed by atoms with E-state index < -0.39 is 10.0 Å². The van der Waals surface area contributed by atoms with Crippen LogP contribution < -0.4 is 14.9 Å². The molecular formula is C33H33N4O2S+. The van der Waals surface area contributed by atoms with Gasteiger partial charge < -0.3 is 5.32 Å². The van der Waals surface area contributed by atoms with Gasteiger partial charge in [-0.1, -0.05) is 60.7 Å². The number of aryl methyl sites for hydroxylation is 1. The van der Waals surface area contributed by atoms with Crippen LogP contribution in [0.3, 0.4) is 0 Å². The van der Waals surface area contributed by atoms with E-state index in [1.54, 1.807) is 6.07 Å². The maximum absolute atomic E-state index is 13.4. The van der Waals surface area contributed by atoms with Gasteiger partial charge in [0.15, 0.2) is 5.69 Å². The van der Waals surface area contributed by atoms with Crippen LogP contribution in [0.15, 0.2) is 95.9 Å². The van der Waals surface area contributed by atoms with Gasteiger partial charge in [-0.05, 0) is 49.6 Å². The van der Waals surface area contributed by atoms with Crippen LogP contribution in [0.2, 0.25) is 0 Å². The van der Waals surface area contributed by atoms with E-state index in [4.69, 9.17) is 5.14 Å². The molecule has 0 saturated carbocycles. The summed E-state index contributed by atoms with van der Waals surface area (Å²) in [5.74, 6) is 0.0494. The summed E-state index contributed by atoms with van der Waals surface area (Å²) in [5.41, 5.74) is 7.91. The Hall–Kier alpha value is -3.96. The zero-order chi connectivity index (χ0) is 27.9. The van der Waals surface area contributed by atoms with Crippen molar-refractivity contribution in [2.45, 2.75) is 43.0 Å². The number of primary sulfonamides is 1. The Bertz CT molecular complexity index is 1730. The molecule has 0 amide bonds. The van der Waals surface area contributed by atoms with E-state index in [1.807, 2.05) is 54.6 Å². The number of anilines is 1. The fraction of sp³-hybridized carbons (Fsp3) is 0.242. The van der Waals surface area contributed by atoms with Crippen LogP contribution >= 0.6 is 0 Å². The number of quaternary nitrogens is 1. The minimum absolute atomic E-state index is 0.0494. The number of hydrogen-bond acceptors (Lipinski definition) is 4. The first-order chi connectivity index (χ1) is 19.3. The van der Waals surface area contributed by atoms with Crippen LogP contribution in [0, 0.1) is 11.3 Å². The average Bonchev–Trinajstić information content (AvgIpc) is 2.99. The Morgan fingerprint density at radius 3 is 2.52 bits per heavy atom. The summed E-state index contributed by atoms with van der Waals surface area (Å²) in [6.45, 7) is 3.59. The zero-order valence-corrected chi connectivity index (χ0v) is 23.4. The van der Waals surface area contributed by atoms with Gasteiger partial charge in [0.05, 0.1) is 18.2 Å². The summed E-state index contributed by atoms with van der Waals surface area (Å²) in [6, 6.07) is 32.2. The first-order valence-electron chi connectivity index (χ1n) is 13.8. The van der Waals surface area contributed by atoms with Crippen molar-refractivity contribution in [1.82, 2.24) is 4.48 Å². The number of nitrogens with zero attached hydrogens (tertiary/aromatic N) is 2. The first kappa shape index (κ1) is 26.3. The molecule has 0 radical (unpaired) electrons. The lowest BCUT2D eigenvalue weighted by Crippen LogP contribution is -2.51. The molecule has 0 spiro atoms. The topological polar surface area (TPSA) is 96.0 Å². The van der Waals surface area contributed by atoms with Crippen LogP contribution in [0.25, 0.3) is 0 Å². The van der Waals surface area contributed by atoms with Crippen LogP contribution in [0.1, 0.15) is 53.1 Å². The van der Waals surface area contributed by atoms with Gasteiger partial charge in [-0.25, -0.2) is 13.6 Å². The fourth-order valence-corrected chi connectivity index (χ4v) is 7.70. The summed E-state index contributed by atoms with van der Waals surface area (Å²) in [4.78, 5) is 0.170. The van der Waals surface area contributed by atoms with Crippen LogP contribution in [0.4, 0.5) is 17.1 Å². The third-order valence-corrected chi connectivity index (χ3v) is 9.68. The fourth-order valence-electron chi connectivity index (χ4n) is 6.88. The molecule has 202 valence electrons. The molecule has 2 aliphatic rings. The van der Waals surface area contributed by atoms with Crippen molar-refractivity contribution in [2.24, 2.45) is 5.14 Å². The van der Waals surface area contributed by atoms with Gasteiger partial charge in [0, 0.05) is 47.3 Å². The number of rotatable bonds is 5. The zero-order valence-electron chi connectivity index (χ0n) is 22.5. The van der Waals surface area contributed by atoms with Gasteiger partial charge in [0.2, 0.25) is 10.0 Å². The Morgan fingerprint density at radius 1 is 0.975 bits per heavy atom. The van der Waals surface area contributed by atoms with E-state index in [0.717, 1.165) is 53.0 Å². The smallest absolute Gasteiger partial charge is 0.243 e. The molecule has 0 aliphatic carbocycles. The second kappa shape index (κ2) is 10.2. The molecule has 0 fully saturated rings. The third-order valence-electron chi connectivity index (χ3n) is 8.74. The minimum Gasteiger partial charge on any atom is -0.384 e. The second-order valence-corrected chi connectivity index (χ2v) is 12.4. The lowest BCUT2D eigenvalue weighted by Gasteiger charge is -2.48. The molecule has 3 unspecified atom stereocenters. The van der Waals surface area contributed by atoms with Crippen molar-refractivity contribution in [3.05, 3.63) is 119 Å². The third kappa shape index (κ3) is 4.39. The number of nitrogens with one attached hydrogen (secondary N) is 1. The molecule has 0 bridgehead atoms. The number of sulfonamides is 1. The van der Waals surface area contributed by atoms with Gasteiger partial charge >= 0.3 is 0 Å². The largest absolute Gasteiger partial charge is 0.384 e. The highest BCUT2D eigenvalue weighted by Crippen LogP contribution is 2.53. The van der Waals surface area contributed by atoms with E-state index in [-0.39, 0.29) is 16.9 Å². The molecule has 6 nitrogen and oxygen atoms in total. The van der Waals surface area contributed by atoms with Gasteiger partial charge in [0.1, 0.15) is 16.6 Å². The first-order valence-corrected chi connectivity index (χ1v) is 15.3. The Balaban J connectivity index is 1.67. The van der Waals surface area contributed by atoms with Crippen LogP contribution in [0.5, 0.6) is 0 Å². The summed E-state index contributed by atoms with van der Waals surface area (Å²) in [6.07, 6.45) is 2.48. The highest BCUT2D eigenvalue weighted by atomic mass is 32.2. The van der Waals surface area contributed by atoms with Crippen molar-refractivity contribution in [2.75, 3.05) is 18.4 Å². The maximum Gasteiger partial charge on any atom is 0.243 e. The van der Waals surface area contributed by atoms with Crippen molar-refractivity contribution in [1.29, 1.82) is 5.26 Å². The van der Waals surface area contributed by atoms with E-state index >= 15 is 0 Å². The lowest BCUT2D eigenvalue weighted by atomic mass is 9.84. The molecule has 6 rings (SSSR count). The average molecular weight is 550 g/mol. The van der Waals surface area contributed by atoms with Gasteiger partial charge in [-0.2, -0.15) is 5.26 Å². The van der Waals surface area contributed by atoms with Crippen molar-refractivity contribution >= 4 is 27.1 Å². The number of nitriles is 1. The normalized spacial score (nSPS) is 20.9. The SMILES string of the molecule is CC(c1ccccc1)[N+]1(c2c(C3CNc4ccccc4C3)cccc2S(N)(=O)=O)CCCc2cc(C#N)ccc21. The Kier molecular flexibility index (Phi) is 6.71. The quantitative estimate of drug-likeness (QED) is 0.286. The van der Waals surface area contributed by atoms with Crippen molar-refractivity contribution in [3.8, 4) is 6.07 Å². The Labute approximate surface area is 236 Å². The van der Waals surface area contributed by atoms with Crippen LogP contribution in [-0.4, -0.2) is 21.5 Å². The molecular weight excluding hydrogens is 516 g/mol. The molecule has 40 heavy (non-hydrogen) atoms. The highest BCUT2D eigenvalue weighted by molar-refractivity contribution is 7.89. The monoisotopic (exact) mass is 549 g/mol. The number of fused-ring (bicyclic) bond motifs is 2. The molecule has 3 atom stereocenters. The van der Waals surface area contributed by atoms with E-state index in [0.29, 0.717) is 23.1 Å². The van der Waals surface area contributed by atoms with Crippen molar-refractivity contribution in [3.63, 3.8) is 0 Å². The number of nitrogens with two attached hydrogens (primary N) is 1. The molecule has 3 N–H and O–H groups in total. The summed E-state index contributed by atoms with van der Waals surface area (Å²) in [7, 11) is -4.06. The van der Waals surface area contributed by atoms with Crippen LogP contribution in [-0.2, 0) is 22.9 Å². The molecule has 2 heterocycles. The highest BCUT2D eigenvalue weighted by Gasteiger charge is 2.48. The number of hydrogen-bond donors (Lipinski definition) is 2. The van der Waals surface area contributed by atoms with Gasteiger partial charge in [-0.3, -0.25) is 4.48 Å². The predicted octanol–water partition coefficient (Wildman–Crippen LogP) is 6.30. The minimum atomic E-state index is -4.06. The maximum atomic E-state index is 13.4. The molecule has 7 heteroatoms. The summed E-state index contributed by atoms with van der Waals surface area (Å²) >= 11 is 0. The van der Waals surface area contributed by atoms with E-state index in [1.165, 1.54) is 5.56 Å². The lowest BCUT2D eigenvalue weighted by molar-refractivity contribution is 0.280. The summed E-state index contributed by atoms with van der Waals surface area (Å²) in [5, 5.41) is 19.3. The number of benzene rings is 4.